The topological polar surface area (TPSA) is 41.5 Å². The maximum atomic E-state index is 9.28. The molecule has 1 aliphatic carbocycles. The maximum Gasteiger partial charge on any atom is 0.142 e. The molecule has 1 aromatic carbocycles. The molecule has 3 nitrogen and oxygen atoms in total. The molecule has 0 heterocycles. The van der Waals surface area contributed by atoms with Crippen LogP contribution in [-0.2, 0) is 0 Å². The lowest BCUT2D eigenvalue weighted by atomic mass is 10.1. The van der Waals surface area contributed by atoms with E-state index in [1.54, 1.807) is 0 Å². The van der Waals surface area contributed by atoms with Crippen LogP contribution in [-0.4, -0.2) is 24.4 Å². The predicted octanol–water partition coefficient (Wildman–Crippen LogP) is 2.66. The van der Waals surface area contributed by atoms with E-state index < -0.39 is 0 Å². The predicted molar refractivity (Wildman–Crippen MR) is 69.4 cm³/mol. The first kappa shape index (κ1) is 12.2. The van der Waals surface area contributed by atoms with Gasteiger partial charge in [0.1, 0.15) is 5.75 Å². The van der Waals surface area contributed by atoms with Gasteiger partial charge >= 0.3 is 0 Å². The van der Waals surface area contributed by atoms with Crippen molar-refractivity contribution in [2.45, 2.75) is 32.8 Å². The average Bonchev–Trinajstić information content (AvgIpc) is 3.08. The largest absolute Gasteiger partial charge is 0.489 e. The van der Waals surface area contributed by atoms with Gasteiger partial charge in [-0.1, -0.05) is 12.1 Å². The quantitative estimate of drug-likeness (QED) is 0.796. The summed E-state index contributed by atoms with van der Waals surface area (Å²) in [4.78, 5) is 0. The summed E-state index contributed by atoms with van der Waals surface area (Å²) in [6.07, 6.45) is 2.40. The van der Waals surface area contributed by atoms with Crippen LogP contribution >= 0.6 is 0 Å². The highest BCUT2D eigenvalue weighted by molar-refractivity contribution is 5.56. The second kappa shape index (κ2) is 4.96. The summed E-state index contributed by atoms with van der Waals surface area (Å²) in [5.41, 5.74) is 1.13. The zero-order valence-corrected chi connectivity index (χ0v) is 10.6. The number of anilines is 1. The standard InChI is InChI=1S/C14H21NO2/c1-11(2)17-13-6-4-3-5-12(13)15-9-14(10-16)7-8-14/h3-6,11,15-16H,7-10H2,1-2H3. The van der Waals surface area contributed by atoms with E-state index in [-0.39, 0.29) is 18.1 Å². The van der Waals surface area contributed by atoms with E-state index >= 15 is 0 Å². The highest BCUT2D eigenvalue weighted by Crippen LogP contribution is 2.45. The van der Waals surface area contributed by atoms with E-state index in [1.165, 1.54) is 0 Å². The van der Waals surface area contributed by atoms with Gasteiger partial charge in [0.05, 0.1) is 18.4 Å². The van der Waals surface area contributed by atoms with E-state index in [2.05, 4.69) is 5.32 Å². The van der Waals surface area contributed by atoms with Crippen molar-refractivity contribution in [2.75, 3.05) is 18.5 Å². The Labute approximate surface area is 103 Å². The molecule has 1 aliphatic rings. The van der Waals surface area contributed by atoms with Gasteiger partial charge in [-0.05, 0) is 38.8 Å². The van der Waals surface area contributed by atoms with Crippen LogP contribution < -0.4 is 10.1 Å². The third-order valence-corrected chi connectivity index (χ3v) is 3.20. The minimum Gasteiger partial charge on any atom is -0.489 e. The first-order valence-corrected chi connectivity index (χ1v) is 6.26. The fraction of sp³-hybridized carbons (Fsp3) is 0.571. The molecule has 0 spiro atoms. The smallest absolute Gasteiger partial charge is 0.142 e. The number of aliphatic hydroxyl groups is 1. The molecule has 0 amide bonds. The Bertz CT molecular complexity index is 372. The molecule has 3 heteroatoms. The minimum atomic E-state index is 0.116. The van der Waals surface area contributed by atoms with Gasteiger partial charge in [-0.15, -0.1) is 0 Å². The molecule has 1 fully saturated rings. The monoisotopic (exact) mass is 235 g/mol. The zero-order valence-electron chi connectivity index (χ0n) is 10.6. The van der Waals surface area contributed by atoms with Gasteiger partial charge in [0.15, 0.2) is 0 Å². The highest BCUT2D eigenvalue weighted by Gasteiger charge is 2.41. The summed E-state index contributed by atoms with van der Waals surface area (Å²) in [7, 11) is 0. The Morgan fingerprint density at radius 2 is 2.06 bits per heavy atom. The second-order valence-electron chi connectivity index (χ2n) is 5.17. The van der Waals surface area contributed by atoms with Crippen LogP contribution in [0.3, 0.4) is 0 Å². The Balaban J connectivity index is 1.99. The lowest BCUT2D eigenvalue weighted by Gasteiger charge is -2.18. The third kappa shape index (κ3) is 3.13. The van der Waals surface area contributed by atoms with Crippen molar-refractivity contribution >= 4 is 5.69 Å². The summed E-state index contributed by atoms with van der Waals surface area (Å²) in [6, 6.07) is 7.96. The average molecular weight is 235 g/mol. The van der Waals surface area contributed by atoms with Crippen molar-refractivity contribution in [3.8, 4) is 5.75 Å². The fourth-order valence-corrected chi connectivity index (χ4v) is 1.82. The summed E-state index contributed by atoms with van der Waals surface area (Å²) in [5, 5.41) is 12.7. The number of hydrogen-bond donors (Lipinski definition) is 2. The molecule has 0 aliphatic heterocycles. The Kier molecular flexibility index (Phi) is 3.57. The van der Waals surface area contributed by atoms with Gasteiger partial charge < -0.3 is 15.2 Å². The first-order chi connectivity index (χ1) is 8.15. The molecular weight excluding hydrogens is 214 g/mol. The second-order valence-corrected chi connectivity index (χ2v) is 5.17. The number of ether oxygens (including phenoxy) is 1. The van der Waals surface area contributed by atoms with E-state index in [1.807, 2.05) is 38.1 Å². The number of aliphatic hydroxyl groups excluding tert-OH is 1. The molecular formula is C14H21NO2. The van der Waals surface area contributed by atoms with Crippen molar-refractivity contribution in [1.29, 1.82) is 0 Å². The molecule has 0 aromatic heterocycles. The number of nitrogens with one attached hydrogen (secondary N) is 1. The summed E-state index contributed by atoms with van der Waals surface area (Å²) in [5.74, 6) is 0.885. The van der Waals surface area contributed by atoms with Gasteiger partial charge in [-0.3, -0.25) is 0 Å². The molecule has 0 radical (unpaired) electrons. The van der Waals surface area contributed by atoms with Crippen LogP contribution in [0.15, 0.2) is 24.3 Å². The number of rotatable bonds is 6. The first-order valence-electron chi connectivity index (χ1n) is 6.26. The van der Waals surface area contributed by atoms with Crippen molar-refractivity contribution < 1.29 is 9.84 Å². The van der Waals surface area contributed by atoms with Crippen molar-refractivity contribution in [3.05, 3.63) is 24.3 Å². The lowest BCUT2D eigenvalue weighted by molar-refractivity contribution is 0.219. The third-order valence-electron chi connectivity index (χ3n) is 3.20. The van der Waals surface area contributed by atoms with E-state index in [9.17, 15) is 5.11 Å². The highest BCUT2D eigenvalue weighted by atomic mass is 16.5. The summed E-state index contributed by atoms with van der Waals surface area (Å²) < 4.78 is 5.74. The van der Waals surface area contributed by atoms with Crippen LogP contribution in [0.2, 0.25) is 0 Å². The number of hydrogen-bond acceptors (Lipinski definition) is 3. The van der Waals surface area contributed by atoms with Gasteiger partial charge in [-0.25, -0.2) is 0 Å². The Hall–Kier alpha value is -1.22. The van der Waals surface area contributed by atoms with Crippen LogP contribution in [0.4, 0.5) is 5.69 Å². The van der Waals surface area contributed by atoms with Crippen molar-refractivity contribution in [1.82, 2.24) is 0 Å². The Morgan fingerprint density at radius 3 is 2.65 bits per heavy atom. The van der Waals surface area contributed by atoms with Crippen molar-refractivity contribution in [3.63, 3.8) is 0 Å². The van der Waals surface area contributed by atoms with E-state index in [4.69, 9.17) is 4.74 Å². The van der Waals surface area contributed by atoms with E-state index in [0.717, 1.165) is 30.8 Å². The normalized spacial score (nSPS) is 16.9. The van der Waals surface area contributed by atoms with Gasteiger partial charge in [0, 0.05) is 12.0 Å². The van der Waals surface area contributed by atoms with Gasteiger partial charge in [0.25, 0.3) is 0 Å². The Morgan fingerprint density at radius 1 is 1.35 bits per heavy atom. The minimum absolute atomic E-state index is 0.116. The van der Waals surface area contributed by atoms with Crippen LogP contribution in [0, 0.1) is 5.41 Å². The van der Waals surface area contributed by atoms with Gasteiger partial charge in [-0.2, -0.15) is 0 Å². The fourth-order valence-electron chi connectivity index (χ4n) is 1.82. The molecule has 94 valence electrons. The van der Waals surface area contributed by atoms with Crippen LogP contribution in [0.25, 0.3) is 0 Å². The molecule has 0 atom stereocenters. The molecule has 2 N–H and O–H groups in total. The SMILES string of the molecule is CC(C)Oc1ccccc1NCC1(CO)CC1. The number of benzene rings is 1. The molecule has 0 saturated heterocycles. The lowest BCUT2D eigenvalue weighted by Crippen LogP contribution is -2.19. The molecule has 1 saturated carbocycles. The molecule has 1 aromatic rings. The summed E-state index contributed by atoms with van der Waals surface area (Å²) in [6.45, 7) is 5.13. The van der Waals surface area contributed by atoms with Gasteiger partial charge in [0.2, 0.25) is 0 Å². The molecule has 2 rings (SSSR count). The van der Waals surface area contributed by atoms with Crippen LogP contribution in [0.5, 0.6) is 5.75 Å². The molecule has 0 unspecified atom stereocenters. The number of para-hydroxylation sites is 2. The molecule has 17 heavy (non-hydrogen) atoms. The maximum absolute atomic E-state index is 9.28. The molecule has 0 bridgehead atoms. The van der Waals surface area contributed by atoms with E-state index in [0.29, 0.717) is 0 Å². The van der Waals surface area contributed by atoms with Crippen LogP contribution in [0.1, 0.15) is 26.7 Å². The summed E-state index contributed by atoms with van der Waals surface area (Å²) >= 11 is 0. The zero-order chi connectivity index (χ0) is 12.3. The van der Waals surface area contributed by atoms with Crippen molar-refractivity contribution in [2.24, 2.45) is 5.41 Å².